The monoisotopic (exact) mass is 414 g/mol. The Kier molecular flexibility index (Phi) is 6.04. The lowest BCUT2D eigenvalue weighted by molar-refractivity contribution is 0.0953. The molecule has 0 fully saturated rings. The molecule has 154 valence electrons. The third-order valence-corrected chi connectivity index (χ3v) is 6.90. The summed E-state index contributed by atoms with van der Waals surface area (Å²) in [4.78, 5) is 20.5. The average molecular weight is 415 g/mol. The maximum Gasteiger partial charge on any atom is 0.251 e. The summed E-state index contributed by atoms with van der Waals surface area (Å²) in [6, 6.07) is 11.0. The number of nitrogens with one attached hydrogen (secondary N) is 2. The van der Waals surface area contributed by atoms with E-state index in [1.165, 1.54) is 20.2 Å². The van der Waals surface area contributed by atoms with Gasteiger partial charge in [-0.1, -0.05) is 12.1 Å². The molecule has 0 radical (unpaired) electrons. The van der Waals surface area contributed by atoms with Gasteiger partial charge in [0, 0.05) is 32.6 Å². The zero-order valence-corrected chi connectivity index (χ0v) is 17.9. The molecule has 0 atom stereocenters. The molecule has 3 rings (SSSR count). The first-order valence-electron chi connectivity index (χ1n) is 9.45. The van der Waals surface area contributed by atoms with Crippen molar-refractivity contribution in [3.05, 3.63) is 58.9 Å². The lowest BCUT2D eigenvalue weighted by Crippen LogP contribution is -2.27. The highest BCUT2D eigenvalue weighted by Crippen LogP contribution is 2.23. The van der Waals surface area contributed by atoms with Gasteiger partial charge in [0.15, 0.2) is 0 Å². The fraction of sp³-hybridized carbons (Fsp3) is 0.333. The highest BCUT2D eigenvalue weighted by atomic mass is 32.2. The Morgan fingerprint density at radius 3 is 2.59 bits per heavy atom. The van der Waals surface area contributed by atoms with E-state index in [1.807, 2.05) is 31.2 Å². The standard InChI is InChI=1S/C21H26N4O3S/c1-14-12-16(13-19(15(14)2)29(27,28)25(3)4)21(26)22-11-7-10-20-23-17-8-5-6-9-18(17)24-20/h5-6,8-9,12-13H,7,10-11H2,1-4H3,(H,22,26)(H,23,24). The Morgan fingerprint density at radius 1 is 1.17 bits per heavy atom. The van der Waals surface area contributed by atoms with Crippen LogP contribution in [0.1, 0.15) is 33.7 Å². The zero-order valence-electron chi connectivity index (χ0n) is 17.1. The Balaban J connectivity index is 1.65. The SMILES string of the molecule is Cc1cc(C(=O)NCCCc2nc3ccccc3[nH]2)cc(S(=O)(=O)N(C)C)c1C. The van der Waals surface area contributed by atoms with E-state index in [2.05, 4.69) is 15.3 Å². The minimum Gasteiger partial charge on any atom is -0.352 e. The van der Waals surface area contributed by atoms with Crippen LogP contribution in [0.2, 0.25) is 0 Å². The number of aromatic nitrogens is 2. The van der Waals surface area contributed by atoms with Gasteiger partial charge in [0.25, 0.3) is 5.91 Å². The van der Waals surface area contributed by atoms with Crippen molar-refractivity contribution in [1.82, 2.24) is 19.6 Å². The summed E-state index contributed by atoms with van der Waals surface area (Å²) in [5.74, 6) is 0.596. The molecule has 0 saturated carbocycles. The molecule has 0 aliphatic carbocycles. The van der Waals surface area contributed by atoms with E-state index in [9.17, 15) is 13.2 Å². The molecule has 0 bridgehead atoms. The number of amides is 1. The number of hydrogen-bond acceptors (Lipinski definition) is 4. The Bertz CT molecular complexity index is 1120. The van der Waals surface area contributed by atoms with Crippen molar-refractivity contribution in [2.75, 3.05) is 20.6 Å². The van der Waals surface area contributed by atoms with Crippen LogP contribution in [0.15, 0.2) is 41.3 Å². The summed E-state index contributed by atoms with van der Waals surface area (Å²) in [7, 11) is -0.657. The number of sulfonamides is 1. The molecule has 7 nitrogen and oxygen atoms in total. The van der Waals surface area contributed by atoms with Gasteiger partial charge in [-0.25, -0.2) is 17.7 Å². The lowest BCUT2D eigenvalue weighted by atomic mass is 10.1. The third kappa shape index (κ3) is 4.49. The Hall–Kier alpha value is -2.71. The van der Waals surface area contributed by atoms with Crippen LogP contribution >= 0.6 is 0 Å². The smallest absolute Gasteiger partial charge is 0.251 e. The fourth-order valence-corrected chi connectivity index (χ4v) is 4.32. The van der Waals surface area contributed by atoms with E-state index in [-0.39, 0.29) is 10.8 Å². The Labute approximate surface area is 171 Å². The van der Waals surface area contributed by atoms with Crippen LogP contribution in [0.25, 0.3) is 11.0 Å². The number of fused-ring (bicyclic) bond motifs is 1. The van der Waals surface area contributed by atoms with Crippen LogP contribution in [-0.2, 0) is 16.4 Å². The van der Waals surface area contributed by atoms with E-state index in [4.69, 9.17) is 0 Å². The van der Waals surface area contributed by atoms with Crippen LogP contribution in [0.5, 0.6) is 0 Å². The number of rotatable bonds is 7. The number of imidazole rings is 1. The number of benzene rings is 2. The molecule has 2 N–H and O–H groups in total. The molecule has 1 heterocycles. The topological polar surface area (TPSA) is 95.2 Å². The molecule has 0 aliphatic rings. The number of nitrogens with zero attached hydrogens (tertiary/aromatic N) is 2. The number of H-pyrrole nitrogens is 1. The number of aromatic amines is 1. The first-order chi connectivity index (χ1) is 13.7. The molecule has 1 aromatic heterocycles. The summed E-state index contributed by atoms with van der Waals surface area (Å²) in [5.41, 5.74) is 3.69. The van der Waals surface area contributed by atoms with Crippen molar-refractivity contribution in [3.8, 4) is 0 Å². The molecule has 29 heavy (non-hydrogen) atoms. The maximum atomic E-state index is 12.6. The second-order valence-electron chi connectivity index (χ2n) is 7.26. The van der Waals surface area contributed by atoms with Crippen LogP contribution in [0.3, 0.4) is 0 Å². The van der Waals surface area contributed by atoms with Gasteiger partial charge in [-0.2, -0.15) is 0 Å². The van der Waals surface area contributed by atoms with Crippen molar-refractivity contribution in [2.24, 2.45) is 0 Å². The van der Waals surface area contributed by atoms with Crippen molar-refractivity contribution in [3.63, 3.8) is 0 Å². The minimum absolute atomic E-state index is 0.162. The lowest BCUT2D eigenvalue weighted by Gasteiger charge is -2.16. The molecular formula is C21H26N4O3S. The van der Waals surface area contributed by atoms with E-state index in [1.54, 1.807) is 13.0 Å². The van der Waals surface area contributed by atoms with Crippen LogP contribution < -0.4 is 5.32 Å². The zero-order chi connectivity index (χ0) is 21.2. The van der Waals surface area contributed by atoms with Gasteiger partial charge < -0.3 is 10.3 Å². The number of aryl methyl sites for hydroxylation is 2. The molecule has 0 spiro atoms. The van der Waals surface area contributed by atoms with Crippen LogP contribution in [-0.4, -0.2) is 49.2 Å². The van der Waals surface area contributed by atoms with E-state index < -0.39 is 10.0 Å². The second kappa shape index (κ2) is 8.34. The normalized spacial score (nSPS) is 11.9. The van der Waals surface area contributed by atoms with Crippen molar-refractivity contribution in [1.29, 1.82) is 0 Å². The molecule has 3 aromatic rings. The molecule has 2 aromatic carbocycles. The van der Waals surface area contributed by atoms with Gasteiger partial charge in [-0.15, -0.1) is 0 Å². The summed E-state index contributed by atoms with van der Waals surface area (Å²) < 4.78 is 26.3. The van der Waals surface area contributed by atoms with Crippen molar-refractivity contribution < 1.29 is 13.2 Å². The van der Waals surface area contributed by atoms with E-state index in [0.717, 1.165) is 33.1 Å². The number of carbonyl (C=O) groups is 1. The minimum atomic E-state index is -3.62. The molecule has 1 amide bonds. The summed E-state index contributed by atoms with van der Waals surface area (Å²) >= 11 is 0. The second-order valence-corrected chi connectivity index (χ2v) is 9.38. The van der Waals surface area contributed by atoms with Crippen LogP contribution in [0, 0.1) is 13.8 Å². The number of carbonyl (C=O) groups excluding carboxylic acids is 1. The molecule has 0 aliphatic heterocycles. The molecule has 0 saturated heterocycles. The van der Waals surface area contributed by atoms with Gasteiger partial charge in [-0.3, -0.25) is 4.79 Å². The predicted molar refractivity (Wildman–Crippen MR) is 114 cm³/mol. The van der Waals surface area contributed by atoms with Gasteiger partial charge in [0.05, 0.1) is 15.9 Å². The summed E-state index contributed by atoms with van der Waals surface area (Å²) in [5, 5.41) is 2.87. The predicted octanol–water partition coefficient (Wildman–Crippen LogP) is 2.79. The largest absolute Gasteiger partial charge is 0.352 e. The summed E-state index contributed by atoms with van der Waals surface area (Å²) in [6.45, 7) is 4.03. The van der Waals surface area contributed by atoms with E-state index >= 15 is 0 Å². The Morgan fingerprint density at radius 2 is 1.90 bits per heavy atom. The van der Waals surface area contributed by atoms with Crippen molar-refractivity contribution in [2.45, 2.75) is 31.6 Å². The van der Waals surface area contributed by atoms with Gasteiger partial charge in [-0.05, 0) is 55.7 Å². The highest BCUT2D eigenvalue weighted by Gasteiger charge is 2.22. The number of hydrogen-bond donors (Lipinski definition) is 2. The van der Waals surface area contributed by atoms with Gasteiger partial charge in [0.1, 0.15) is 5.82 Å². The van der Waals surface area contributed by atoms with Crippen LogP contribution in [0.4, 0.5) is 0 Å². The first-order valence-corrected chi connectivity index (χ1v) is 10.9. The summed E-state index contributed by atoms with van der Waals surface area (Å²) in [6.07, 6.45) is 1.43. The highest BCUT2D eigenvalue weighted by molar-refractivity contribution is 7.89. The maximum absolute atomic E-state index is 12.6. The number of para-hydroxylation sites is 2. The third-order valence-electron chi connectivity index (χ3n) is 4.95. The fourth-order valence-electron chi connectivity index (χ4n) is 3.11. The van der Waals surface area contributed by atoms with E-state index in [0.29, 0.717) is 24.1 Å². The van der Waals surface area contributed by atoms with Gasteiger partial charge >= 0.3 is 0 Å². The van der Waals surface area contributed by atoms with Crippen molar-refractivity contribution >= 4 is 27.0 Å². The average Bonchev–Trinajstić information content (AvgIpc) is 3.09. The quantitative estimate of drug-likeness (QED) is 0.581. The molecule has 8 heteroatoms. The molecular weight excluding hydrogens is 388 g/mol. The first kappa shape index (κ1) is 21.0. The molecule has 0 unspecified atom stereocenters. The van der Waals surface area contributed by atoms with Gasteiger partial charge in [0.2, 0.25) is 10.0 Å².